The highest BCUT2D eigenvalue weighted by Crippen LogP contribution is 2.16. The highest BCUT2D eigenvalue weighted by molar-refractivity contribution is 5.87. The Labute approximate surface area is 76.5 Å². The minimum Gasteiger partial charge on any atom is -0.369 e. The van der Waals surface area contributed by atoms with E-state index in [1.54, 1.807) is 0 Å². The molecule has 2 nitrogen and oxygen atoms in total. The van der Waals surface area contributed by atoms with Gasteiger partial charge in [0.25, 0.3) is 0 Å². The van der Waals surface area contributed by atoms with Crippen molar-refractivity contribution in [3.63, 3.8) is 0 Å². The lowest BCUT2D eigenvalue weighted by atomic mass is 9.93. The zero-order valence-electron chi connectivity index (χ0n) is 9.45. The average Bonchev–Trinajstić information content (AvgIpc) is 1.78. The molecule has 0 aromatic rings. The first kappa shape index (κ1) is 11.5. The van der Waals surface area contributed by atoms with Gasteiger partial charge in [-0.15, -0.1) is 0 Å². The summed E-state index contributed by atoms with van der Waals surface area (Å²) in [7, 11) is 1.83. The second-order valence-corrected chi connectivity index (χ2v) is 5.20. The van der Waals surface area contributed by atoms with Crippen LogP contribution < -0.4 is 5.32 Å². The van der Waals surface area contributed by atoms with E-state index in [4.69, 9.17) is 0 Å². The largest absolute Gasteiger partial charge is 0.369 e. The smallest absolute Gasteiger partial charge is 0.102 e. The van der Waals surface area contributed by atoms with Crippen LogP contribution in [0.25, 0.3) is 0 Å². The molecule has 2 heteroatoms. The van der Waals surface area contributed by atoms with Crippen LogP contribution >= 0.6 is 0 Å². The molecule has 72 valence electrons. The third-order valence-corrected chi connectivity index (χ3v) is 1.43. The Morgan fingerprint density at radius 2 is 1.42 bits per heavy atom. The molecule has 12 heavy (non-hydrogen) atoms. The van der Waals surface area contributed by atoms with Crippen LogP contribution in [0.4, 0.5) is 0 Å². The van der Waals surface area contributed by atoms with Crippen LogP contribution in [0.3, 0.4) is 0 Å². The molecule has 0 aromatic carbocycles. The molecule has 0 saturated heterocycles. The van der Waals surface area contributed by atoms with Gasteiger partial charge in [-0.05, 0) is 20.8 Å². The summed E-state index contributed by atoms with van der Waals surface area (Å²) in [4.78, 5) is 4.25. The van der Waals surface area contributed by atoms with Gasteiger partial charge >= 0.3 is 0 Å². The first-order valence-electron chi connectivity index (χ1n) is 4.42. The summed E-state index contributed by atoms with van der Waals surface area (Å²) in [5.41, 5.74) is 0.212. The van der Waals surface area contributed by atoms with Gasteiger partial charge in [-0.2, -0.15) is 0 Å². The van der Waals surface area contributed by atoms with Crippen molar-refractivity contribution in [2.45, 2.75) is 47.1 Å². The Hall–Kier alpha value is -0.530. The molecular formula is C10H22N2. The Bertz CT molecular complexity index is 167. The first-order chi connectivity index (χ1) is 5.17. The van der Waals surface area contributed by atoms with Crippen LogP contribution in [0, 0.1) is 5.41 Å². The monoisotopic (exact) mass is 170 g/mol. The van der Waals surface area contributed by atoms with Gasteiger partial charge in [-0.25, -0.2) is 0 Å². The molecule has 0 heterocycles. The van der Waals surface area contributed by atoms with Crippen molar-refractivity contribution >= 4 is 5.84 Å². The lowest BCUT2D eigenvalue weighted by Crippen LogP contribution is -2.46. The number of nitrogens with zero attached hydrogens (tertiary/aromatic N) is 1. The van der Waals surface area contributed by atoms with E-state index in [0.29, 0.717) is 0 Å². The van der Waals surface area contributed by atoms with Crippen LogP contribution in [0.5, 0.6) is 0 Å². The van der Waals surface area contributed by atoms with Gasteiger partial charge in [-0.3, -0.25) is 4.99 Å². The maximum absolute atomic E-state index is 4.25. The van der Waals surface area contributed by atoms with E-state index in [9.17, 15) is 0 Å². The lowest BCUT2D eigenvalue weighted by molar-refractivity contribution is 0.465. The van der Waals surface area contributed by atoms with Gasteiger partial charge in [0, 0.05) is 18.0 Å². The zero-order valence-corrected chi connectivity index (χ0v) is 9.45. The van der Waals surface area contributed by atoms with E-state index in [1.807, 2.05) is 7.05 Å². The van der Waals surface area contributed by atoms with Gasteiger partial charge < -0.3 is 5.32 Å². The SMILES string of the molecule is CN=C(NC(C)(C)C)C(C)(C)C. The van der Waals surface area contributed by atoms with Gasteiger partial charge in [0.1, 0.15) is 5.84 Å². The quantitative estimate of drug-likeness (QED) is 0.438. The molecule has 0 radical (unpaired) electrons. The summed E-state index contributed by atoms with van der Waals surface area (Å²) in [5.74, 6) is 1.06. The summed E-state index contributed by atoms with van der Waals surface area (Å²) in [6.45, 7) is 12.9. The normalized spacial score (nSPS) is 14.8. The molecule has 0 aliphatic rings. The fourth-order valence-electron chi connectivity index (χ4n) is 0.934. The summed E-state index contributed by atoms with van der Waals surface area (Å²) in [6.07, 6.45) is 0. The van der Waals surface area contributed by atoms with E-state index in [1.165, 1.54) is 0 Å². The Morgan fingerprint density at radius 3 is 1.50 bits per heavy atom. The van der Waals surface area contributed by atoms with E-state index in [0.717, 1.165) is 5.84 Å². The first-order valence-corrected chi connectivity index (χ1v) is 4.42. The minimum atomic E-state index is 0.0993. The number of hydrogen-bond donors (Lipinski definition) is 1. The van der Waals surface area contributed by atoms with Crippen LogP contribution in [0.15, 0.2) is 4.99 Å². The van der Waals surface area contributed by atoms with Crippen LogP contribution in [0.2, 0.25) is 0 Å². The van der Waals surface area contributed by atoms with E-state index in [-0.39, 0.29) is 11.0 Å². The third-order valence-electron chi connectivity index (χ3n) is 1.43. The number of hydrogen-bond acceptors (Lipinski definition) is 1. The third kappa shape index (κ3) is 4.37. The van der Waals surface area contributed by atoms with Crippen molar-refractivity contribution in [3.8, 4) is 0 Å². The average molecular weight is 170 g/mol. The number of nitrogens with one attached hydrogen (secondary N) is 1. The van der Waals surface area contributed by atoms with Crippen LogP contribution in [-0.2, 0) is 0 Å². The van der Waals surface area contributed by atoms with Crippen molar-refractivity contribution in [1.82, 2.24) is 5.32 Å². The fourth-order valence-corrected chi connectivity index (χ4v) is 0.934. The Morgan fingerprint density at radius 1 is 1.00 bits per heavy atom. The van der Waals surface area contributed by atoms with Crippen molar-refractivity contribution in [2.75, 3.05) is 7.05 Å². The molecule has 0 fully saturated rings. The molecular weight excluding hydrogens is 148 g/mol. The van der Waals surface area contributed by atoms with E-state index in [2.05, 4.69) is 51.9 Å². The summed E-state index contributed by atoms with van der Waals surface area (Å²) < 4.78 is 0. The molecule has 0 aliphatic heterocycles. The molecule has 0 rings (SSSR count). The van der Waals surface area contributed by atoms with Crippen molar-refractivity contribution in [1.29, 1.82) is 0 Å². The molecule has 0 aliphatic carbocycles. The van der Waals surface area contributed by atoms with Crippen LogP contribution in [-0.4, -0.2) is 18.4 Å². The molecule has 0 aromatic heterocycles. The zero-order chi connectivity index (χ0) is 9.99. The minimum absolute atomic E-state index is 0.0993. The standard InChI is InChI=1S/C10H22N2/c1-9(2,3)8(11-7)12-10(4,5)6/h1-7H3,(H,11,12). The molecule has 0 spiro atoms. The van der Waals surface area contributed by atoms with Crippen LogP contribution in [0.1, 0.15) is 41.5 Å². The lowest BCUT2D eigenvalue weighted by Gasteiger charge is -2.30. The molecule has 0 bridgehead atoms. The predicted molar refractivity (Wildman–Crippen MR) is 55.7 cm³/mol. The number of amidine groups is 1. The second-order valence-electron chi connectivity index (χ2n) is 5.20. The maximum Gasteiger partial charge on any atom is 0.102 e. The Balaban J connectivity index is 4.43. The maximum atomic E-state index is 4.25. The van der Waals surface area contributed by atoms with E-state index >= 15 is 0 Å². The predicted octanol–water partition coefficient (Wildman–Crippen LogP) is 2.45. The summed E-state index contributed by atoms with van der Waals surface area (Å²) >= 11 is 0. The Kier molecular flexibility index (Phi) is 3.31. The highest BCUT2D eigenvalue weighted by Gasteiger charge is 2.22. The summed E-state index contributed by atoms with van der Waals surface area (Å²) in [6, 6.07) is 0. The molecule has 0 saturated carbocycles. The molecule has 0 amide bonds. The second kappa shape index (κ2) is 3.46. The van der Waals surface area contributed by atoms with Gasteiger partial charge in [0.05, 0.1) is 0 Å². The topological polar surface area (TPSA) is 24.4 Å². The van der Waals surface area contributed by atoms with Crippen molar-refractivity contribution < 1.29 is 0 Å². The molecule has 1 N–H and O–H groups in total. The van der Waals surface area contributed by atoms with E-state index < -0.39 is 0 Å². The molecule has 0 unspecified atom stereocenters. The van der Waals surface area contributed by atoms with Gasteiger partial charge in [0.15, 0.2) is 0 Å². The summed E-state index contributed by atoms with van der Waals surface area (Å²) in [5, 5.41) is 3.40. The highest BCUT2D eigenvalue weighted by atomic mass is 15.0. The number of aliphatic imine (C=N–C) groups is 1. The van der Waals surface area contributed by atoms with Gasteiger partial charge in [-0.1, -0.05) is 20.8 Å². The number of rotatable bonds is 0. The van der Waals surface area contributed by atoms with Gasteiger partial charge in [0.2, 0.25) is 0 Å². The van der Waals surface area contributed by atoms with Crippen molar-refractivity contribution in [3.05, 3.63) is 0 Å². The molecule has 0 atom stereocenters. The fraction of sp³-hybridized carbons (Fsp3) is 0.900. The van der Waals surface area contributed by atoms with Crippen molar-refractivity contribution in [2.24, 2.45) is 10.4 Å².